The number of nitrogen functional groups attached to an aromatic ring is 1. The zero-order chi connectivity index (χ0) is 11.7. The van der Waals surface area contributed by atoms with Gasteiger partial charge in [0.15, 0.2) is 0 Å². The zero-order valence-corrected chi connectivity index (χ0v) is 10.0. The molecule has 0 aliphatic heterocycles. The monoisotopic (exact) mass is 211 g/mol. The van der Waals surface area contributed by atoms with Crippen molar-refractivity contribution in [2.75, 3.05) is 5.73 Å². The minimum absolute atomic E-state index is 0.858. The molecule has 16 heavy (non-hydrogen) atoms. The lowest BCUT2D eigenvalue weighted by atomic mass is 9.99. The minimum atomic E-state index is 0.858. The van der Waals surface area contributed by atoms with Crippen molar-refractivity contribution in [2.24, 2.45) is 0 Å². The summed E-state index contributed by atoms with van der Waals surface area (Å²) in [6.07, 6.45) is 0. The Morgan fingerprint density at radius 1 is 0.750 bits per heavy atom. The molecule has 0 atom stereocenters. The van der Waals surface area contributed by atoms with Gasteiger partial charge in [0, 0.05) is 5.69 Å². The number of hydrogen-bond donors (Lipinski definition) is 1. The van der Waals surface area contributed by atoms with Crippen LogP contribution in [0.2, 0.25) is 0 Å². The maximum absolute atomic E-state index is 5.93. The van der Waals surface area contributed by atoms with E-state index in [1.807, 2.05) is 13.0 Å². The first-order valence-corrected chi connectivity index (χ1v) is 5.51. The maximum atomic E-state index is 5.93. The van der Waals surface area contributed by atoms with Crippen LogP contribution in [0.1, 0.15) is 16.7 Å². The quantitative estimate of drug-likeness (QED) is 0.712. The van der Waals surface area contributed by atoms with Gasteiger partial charge >= 0.3 is 0 Å². The topological polar surface area (TPSA) is 26.0 Å². The molecule has 0 saturated carbocycles. The van der Waals surface area contributed by atoms with Gasteiger partial charge in [-0.3, -0.25) is 0 Å². The van der Waals surface area contributed by atoms with Crippen LogP contribution in [0.3, 0.4) is 0 Å². The molecule has 0 fully saturated rings. The third-order valence-corrected chi connectivity index (χ3v) is 2.83. The van der Waals surface area contributed by atoms with Crippen LogP contribution in [0.25, 0.3) is 11.1 Å². The van der Waals surface area contributed by atoms with Crippen LogP contribution in [0.15, 0.2) is 36.4 Å². The molecule has 2 N–H and O–H groups in total. The molecule has 0 aliphatic carbocycles. The fourth-order valence-electron chi connectivity index (χ4n) is 1.96. The molecule has 82 valence electrons. The zero-order valence-electron chi connectivity index (χ0n) is 10.0. The lowest BCUT2D eigenvalue weighted by Gasteiger charge is -2.07. The van der Waals surface area contributed by atoms with E-state index in [1.165, 1.54) is 22.3 Å². The van der Waals surface area contributed by atoms with Gasteiger partial charge in [0.25, 0.3) is 0 Å². The third kappa shape index (κ3) is 2.08. The van der Waals surface area contributed by atoms with Gasteiger partial charge in [-0.05, 0) is 43.5 Å². The van der Waals surface area contributed by atoms with E-state index in [4.69, 9.17) is 5.73 Å². The summed E-state index contributed by atoms with van der Waals surface area (Å²) in [5, 5.41) is 0. The summed E-state index contributed by atoms with van der Waals surface area (Å²) < 4.78 is 0. The first-order valence-electron chi connectivity index (χ1n) is 5.51. The molecule has 0 amide bonds. The second-order valence-electron chi connectivity index (χ2n) is 4.45. The van der Waals surface area contributed by atoms with E-state index in [2.05, 4.69) is 44.2 Å². The number of hydrogen-bond acceptors (Lipinski definition) is 1. The van der Waals surface area contributed by atoms with E-state index in [9.17, 15) is 0 Å². The van der Waals surface area contributed by atoms with Crippen LogP contribution in [-0.4, -0.2) is 0 Å². The summed E-state index contributed by atoms with van der Waals surface area (Å²) >= 11 is 0. The van der Waals surface area contributed by atoms with Crippen molar-refractivity contribution in [3.05, 3.63) is 53.1 Å². The molecular weight excluding hydrogens is 194 g/mol. The van der Waals surface area contributed by atoms with Gasteiger partial charge in [-0.1, -0.05) is 41.5 Å². The molecule has 0 bridgehead atoms. The van der Waals surface area contributed by atoms with Crippen LogP contribution in [-0.2, 0) is 0 Å². The molecule has 1 nitrogen and oxygen atoms in total. The number of aryl methyl sites for hydroxylation is 3. The van der Waals surface area contributed by atoms with Crippen LogP contribution >= 0.6 is 0 Å². The Labute approximate surface area is 96.9 Å². The van der Waals surface area contributed by atoms with E-state index < -0.39 is 0 Å². The highest BCUT2D eigenvalue weighted by molar-refractivity contribution is 5.70. The van der Waals surface area contributed by atoms with E-state index in [1.54, 1.807) is 0 Å². The number of nitrogens with two attached hydrogens (primary N) is 1. The Hall–Kier alpha value is -1.76. The Morgan fingerprint density at radius 3 is 1.94 bits per heavy atom. The summed E-state index contributed by atoms with van der Waals surface area (Å²) in [5.41, 5.74) is 12.9. The van der Waals surface area contributed by atoms with Crippen LogP contribution < -0.4 is 5.73 Å². The SMILES string of the molecule is Cc1cc(C)cc(-c2ccc(C)c(N)c2)c1. The number of rotatable bonds is 1. The minimum Gasteiger partial charge on any atom is -0.398 e. The highest BCUT2D eigenvalue weighted by atomic mass is 14.5. The molecular formula is C15H17N. The van der Waals surface area contributed by atoms with Crippen molar-refractivity contribution in [3.63, 3.8) is 0 Å². The Kier molecular flexibility index (Phi) is 2.69. The van der Waals surface area contributed by atoms with E-state index in [0.29, 0.717) is 0 Å². The first-order chi connectivity index (χ1) is 7.56. The molecule has 0 saturated heterocycles. The van der Waals surface area contributed by atoms with Crippen LogP contribution in [0, 0.1) is 20.8 Å². The summed E-state index contributed by atoms with van der Waals surface area (Å²) in [4.78, 5) is 0. The van der Waals surface area contributed by atoms with Crippen molar-refractivity contribution in [2.45, 2.75) is 20.8 Å². The van der Waals surface area contributed by atoms with Crippen molar-refractivity contribution >= 4 is 5.69 Å². The van der Waals surface area contributed by atoms with Gasteiger partial charge < -0.3 is 5.73 Å². The van der Waals surface area contributed by atoms with E-state index in [-0.39, 0.29) is 0 Å². The summed E-state index contributed by atoms with van der Waals surface area (Å²) in [7, 11) is 0. The van der Waals surface area contributed by atoms with Gasteiger partial charge in [0.05, 0.1) is 0 Å². The van der Waals surface area contributed by atoms with E-state index in [0.717, 1.165) is 11.3 Å². The Balaban J connectivity index is 2.54. The fraction of sp³-hybridized carbons (Fsp3) is 0.200. The smallest absolute Gasteiger partial charge is 0.0349 e. The van der Waals surface area contributed by atoms with Crippen LogP contribution in [0.4, 0.5) is 5.69 Å². The first kappa shape index (κ1) is 10.7. The standard InChI is InChI=1S/C15H17N/c1-10-6-11(2)8-14(7-10)13-5-4-12(3)15(16)9-13/h4-9H,16H2,1-3H3. The molecule has 2 rings (SSSR count). The van der Waals surface area contributed by atoms with Gasteiger partial charge in [-0.15, -0.1) is 0 Å². The van der Waals surface area contributed by atoms with Crippen molar-refractivity contribution in [1.82, 2.24) is 0 Å². The number of anilines is 1. The average molecular weight is 211 g/mol. The highest BCUT2D eigenvalue weighted by Gasteiger charge is 2.01. The molecule has 0 aliphatic rings. The highest BCUT2D eigenvalue weighted by Crippen LogP contribution is 2.25. The summed E-state index contributed by atoms with van der Waals surface area (Å²) in [6.45, 7) is 6.27. The lowest BCUT2D eigenvalue weighted by molar-refractivity contribution is 1.38. The second-order valence-corrected chi connectivity index (χ2v) is 4.45. The summed E-state index contributed by atoms with van der Waals surface area (Å²) in [6, 6.07) is 12.8. The molecule has 0 aromatic heterocycles. The molecule has 0 unspecified atom stereocenters. The fourth-order valence-corrected chi connectivity index (χ4v) is 1.96. The maximum Gasteiger partial charge on any atom is 0.0349 e. The van der Waals surface area contributed by atoms with Crippen molar-refractivity contribution in [3.8, 4) is 11.1 Å². The molecule has 1 heteroatoms. The Morgan fingerprint density at radius 2 is 1.38 bits per heavy atom. The molecule has 0 radical (unpaired) electrons. The van der Waals surface area contributed by atoms with Crippen LogP contribution in [0.5, 0.6) is 0 Å². The van der Waals surface area contributed by atoms with Gasteiger partial charge in [-0.2, -0.15) is 0 Å². The predicted molar refractivity (Wildman–Crippen MR) is 70.5 cm³/mol. The second kappa shape index (κ2) is 4.01. The lowest BCUT2D eigenvalue weighted by Crippen LogP contribution is -1.90. The number of benzene rings is 2. The average Bonchev–Trinajstić information content (AvgIpc) is 2.20. The normalized spacial score (nSPS) is 10.4. The third-order valence-electron chi connectivity index (χ3n) is 2.83. The van der Waals surface area contributed by atoms with Crippen molar-refractivity contribution in [1.29, 1.82) is 0 Å². The molecule has 2 aromatic carbocycles. The largest absolute Gasteiger partial charge is 0.398 e. The van der Waals surface area contributed by atoms with Gasteiger partial charge in [-0.25, -0.2) is 0 Å². The molecule has 2 aromatic rings. The van der Waals surface area contributed by atoms with Gasteiger partial charge in [0.1, 0.15) is 0 Å². The molecule has 0 spiro atoms. The van der Waals surface area contributed by atoms with Crippen molar-refractivity contribution < 1.29 is 0 Å². The molecule has 0 heterocycles. The Bertz CT molecular complexity index is 507. The summed E-state index contributed by atoms with van der Waals surface area (Å²) in [5.74, 6) is 0. The van der Waals surface area contributed by atoms with E-state index >= 15 is 0 Å². The van der Waals surface area contributed by atoms with Gasteiger partial charge in [0.2, 0.25) is 0 Å². The predicted octanol–water partition coefficient (Wildman–Crippen LogP) is 3.86.